The Balaban J connectivity index is 0.000000114. The molecule has 0 nitrogen and oxygen atoms in total. The van der Waals surface area contributed by atoms with Crippen LogP contribution in [-0.4, -0.2) is 0 Å². The molecule has 0 spiro atoms. The molecule has 0 atom stereocenters. The van der Waals surface area contributed by atoms with E-state index < -0.39 is 0 Å². The Hall–Kier alpha value is -6.14. The van der Waals surface area contributed by atoms with Crippen LogP contribution in [0, 0.1) is 0 Å². The van der Waals surface area contributed by atoms with Crippen molar-refractivity contribution in [2.45, 2.75) is 0 Å². The van der Waals surface area contributed by atoms with Crippen LogP contribution >= 0.6 is 59.1 Å². The number of thiophene rings is 1. The first-order chi connectivity index (χ1) is 31.5. The topological polar surface area (TPSA) is 0 Å². The Bertz CT molecular complexity index is 3580. The maximum Gasteiger partial charge on any atom is 0.0445 e. The van der Waals surface area contributed by atoms with Crippen LogP contribution in [0.5, 0.6) is 0 Å². The fourth-order valence-corrected chi connectivity index (χ4v) is 11.4. The standard InChI is InChI=1S/C22H15Br.C20H13Br.C18H11BrS/c23-22-13-12-19(16-6-2-1-3-7-16)15-21(22)20-11-10-17-8-4-5-9-18(17)14-20;21-20-12-16-11-10-15-8-4-5-9-17(15)18(16)13-19(20)14-6-2-1-3-7-14;19-15-11-10-14-13-8-4-5-9-16(13)20-18(14)17(15)12-6-2-1-3-7-12/h1-15H;1-13H;1-11H. The molecule has 0 N–H and O–H groups in total. The zero-order chi connectivity index (χ0) is 43.4. The number of hydrogen-bond acceptors (Lipinski definition) is 1. The van der Waals surface area contributed by atoms with Crippen molar-refractivity contribution < 1.29 is 0 Å². The maximum atomic E-state index is 3.72. The molecule has 0 aliphatic rings. The van der Waals surface area contributed by atoms with Gasteiger partial charge >= 0.3 is 0 Å². The second kappa shape index (κ2) is 18.9. The first-order valence-corrected chi connectivity index (χ1v) is 24.3. The van der Waals surface area contributed by atoms with Crippen molar-refractivity contribution >= 4 is 112 Å². The molecule has 4 heteroatoms. The van der Waals surface area contributed by atoms with Crippen LogP contribution in [0.25, 0.3) is 97.0 Å². The van der Waals surface area contributed by atoms with Gasteiger partial charge in [0, 0.05) is 39.2 Å². The molecule has 0 radical (unpaired) electrons. The van der Waals surface area contributed by atoms with Gasteiger partial charge in [-0.1, -0.05) is 242 Å². The minimum Gasteiger partial charge on any atom is -0.134 e. The average Bonchev–Trinajstić information content (AvgIpc) is 3.73. The maximum absolute atomic E-state index is 3.72. The number of halogens is 3. The predicted molar refractivity (Wildman–Crippen MR) is 290 cm³/mol. The molecule has 0 fully saturated rings. The summed E-state index contributed by atoms with van der Waals surface area (Å²) in [5, 5.41) is 10.4. The van der Waals surface area contributed by atoms with Gasteiger partial charge in [-0.2, -0.15) is 0 Å². The summed E-state index contributed by atoms with van der Waals surface area (Å²) in [6.07, 6.45) is 0. The Kier molecular flexibility index (Phi) is 12.4. The van der Waals surface area contributed by atoms with Crippen LogP contribution in [0.2, 0.25) is 0 Å². The van der Waals surface area contributed by atoms with E-state index in [-0.39, 0.29) is 0 Å². The second-order valence-corrected chi connectivity index (χ2v) is 19.2. The summed E-state index contributed by atoms with van der Waals surface area (Å²) in [6, 6.07) is 83.6. The van der Waals surface area contributed by atoms with Crippen molar-refractivity contribution in [3.05, 3.63) is 250 Å². The summed E-state index contributed by atoms with van der Waals surface area (Å²) in [7, 11) is 0. The number of fused-ring (bicyclic) bond motifs is 7. The minimum absolute atomic E-state index is 1.12. The van der Waals surface area contributed by atoms with E-state index in [1.807, 2.05) is 23.5 Å². The summed E-state index contributed by atoms with van der Waals surface area (Å²) in [5.41, 5.74) is 9.95. The highest BCUT2D eigenvalue weighted by Crippen LogP contribution is 2.43. The van der Waals surface area contributed by atoms with Crippen molar-refractivity contribution in [1.29, 1.82) is 0 Å². The zero-order valence-electron chi connectivity index (χ0n) is 34.6. The lowest BCUT2D eigenvalue weighted by Gasteiger charge is -2.10. The molecular weight excluding hydrogens is 992 g/mol. The molecule has 0 bridgehead atoms. The van der Waals surface area contributed by atoms with E-state index in [0.717, 1.165) is 13.4 Å². The quantitative estimate of drug-likeness (QED) is 0.154. The monoisotopic (exact) mass is 1030 g/mol. The summed E-state index contributed by atoms with van der Waals surface area (Å²) >= 11 is 13.0. The molecule has 0 aliphatic heterocycles. The van der Waals surface area contributed by atoms with E-state index in [1.54, 1.807) is 0 Å². The third-order valence-electron chi connectivity index (χ3n) is 11.6. The molecular formula is C60H39Br3S. The van der Waals surface area contributed by atoms with E-state index in [0.29, 0.717) is 0 Å². The normalized spacial score (nSPS) is 11.0. The molecule has 64 heavy (non-hydrogen) atoms. The van der Waals surface area contributed by atoms with Gasteiger partial charge in [-0.15, -0.1) is 11.3 Å². The molecule has 306 valence electrons. The highest BCUT2D eigenvalue weighted by atomic mass is 79.9. The van der Waals surface area contributed by atoms with Crippen LogP contribution in [0.15, 0.2) is 250 Å². The molecule has 11 aromatic carbocycles. The van der Waals surface area contributed by atoms with Gasteiger partial charge in [0.15, 0.2) is 0 Å². The van der Waals surface area contributed by atoms with Gasteiger partial charge in [0.2, 0.25) is 0 Å². The van der Waals surface area contributed by atoms with Gasteiger partial charge in [-0.05, 0) is 114 Å². The van der Waals surface area contributed by atoms with Crippen LogP contribution in [0.4, 0.5) is 0 Å². The van der Waals surface area contributed by atoms with Crippen molar-refractivity contribution in [3.63, 3.8) is 0 Å². The molecule has 12 rings (SSSR count). The van der Waals surface area contributed by atoms with Crippen LogP contribution < -0.4 is 0 Å². The number of rotatable bonds is 4. The van der Waals surface area contributed by atoms with Gasteiger partial charge in [-0.25, -0.2) is 0 Å². The third-order valence-corrected chi connectivity index (χ3v) is 14.8. The fraction of sp³-hybridized carbons (Fsp3) is 0. The van der Waals surface area contributed by atoms with Gasteiger partial charge in [-0.3, -0.25) is 0 Å². The molecule has 0 aliphatic carbocycles. The minimum atomic E-state index is 1.12. The molecule has 1 aromatic heterocycles. The van der Waals surface area contributed by atoms with Gasteiger partial charge < -0.3 is 0 Å². The lowest BCUT2D eigenvalue weighted by molar-refractivity contribution is 1.57. The van der Waals surface area contributed by atoms with Gasteiger partial charge in [0.05, 0.1) is 0 Å². The van der Waals surface area contributed by atoms with Crippen molar-refractivity contribution in [1.82, 2.24) is 0 Å². The molecule has 0 unspecified atom stereocenters. The summed E-state index contributed by atoms with van der Waals surface area (Å²) in [4.78, 5) is 0. The summed E-state index contributed by atoms with van der Waals surface area (Å²) in [5.74, 6) is 0. The van der Waals surface area contributed by atoms with E-state index in [4.69, 9.17) is 0 Å². The Morgan fingerprint density at radius 3 is 1.56 bits per heavy atom. The second-order valence-electron chi connectivity index (χ2n) is 15.6. The average molecular weight is 1030 g/mol. The first-order valence-electron chi connectivity index (χ1n) is 21.1. The smallest absolute Gasteiger partial charge is 0.0445 e. The zero-order valence-corrected chi connectivity index (χ0v) is 40.1. The molecule has 0 saturated carbocycles. The van der Waals surface area contributed by atoms with Crippen LogP contribution in [-0.2, 0) is 0 Å². The highest BCUT2D eigenvalue weighted by Gasteiger charge is 2.13. The molecule has 0 saturated heterocycles. The van der Waals surface area contributed by atoms with Gasteiger partial charge in [0.1, 0.15) is 0 Å². The van der Waals surface area contributed by atoms with Gasteiger partial charge in [0.25, 0.3) is 0 Å². The first kappa shape index (κ1) is 41.8. The number of benzene rings is 11. The predicted octanol–water partition coefficient (Wildman–Crippen LogP) is 19.8. The van der Waals surface area contributed by atoms with Crippen LogP contribution in [0.1, 0.15) is 0 Å². The fourth-order valence-electron chi connectivity index (χ4n) is 8.42. The van der Waals surface area contributed by atoms with E-state index >= 15 is 0 Å². The lowest BCUT2D eigenvalue weighted by Crippen LogP contribution is -1.84. The lowest BCUT2D eigenvalue weighted by atomic mass is 9.97. The molecule has 1 heterocycles. The molecule has 0 amide bonds. The summed E-state index contributed by atoms with van der Waals surface area (Å²) in [6.45, 7) is 0. The van der Waals surface area contributed by atoms with Crippen molar-refractivity contribution in [2.24, 2.45) is 0 Å². The Morgan fingerprint density at radius 2 is 0.812 bits per heavy atom. The highest BCUT2D eigenvalue weighted by molar-refractivity contribution is 9.11. The number of hydrogen-bond donors (Lipinski definition) is 0. The largest absolute Gasteiger partial charge is 0.134 e. The van der Waals surface area contributed by atoms with E-state index in [9.17, 15) is 0 Å². The Labute approximate surface area is 402 Å². The third kappa shape index (κ3) is 8.72. The summed E-state index contributed by atoms with van der Waals surface area (Å²) < 4.78 is 6.11. The van der Waals surface area contributed by atoms with Crippen LogP contribution in [0.3, 0.4) is 0 Å². The molecule has 12 aromatic rings. The van der Waals surface area contributed by atoms with Crippen molar-refractivity contribution in [2.75, 3.05) is 0 Å². The van der Waals surface area contributed by atoms with E-state index in [2.05, 4.69) is 272 Å². The SMILES string of the molecule is Brc1cc2ccc3ccccc3c2cc1-c1ccccc1.Brc1ccc(-c2ccccc2)cc1-c1ccc2ccccc2c1.Brc1ccc2c(sc3ccccc32)c1-c1ccccc1. The van der Waals surface area contributed by atoms with Crippen molar-refractivity contribution in [3.8, 4) is 44.5 Å². The Morgan fingerprint density at radius 1 is 0.266 bits per heavy atom. The van der Waals surface area contributed by atoms with E-state index in [1.165, 1.54) is 97.0 Å².